The Morgan fingerprint density at radius 3 is 1.15 bits per heavy atom. The average molecular weight is 399 g/mol. The number of hydrogen-bond donors (Lipinski definition) is 0. The van der Waals surface area contributed by atoms with Gasteiger partial charge in [0.1, 0.15) is 0 Å². The van der Waals surface area contributed by atoms with Crippen LogP contribution in [-0.2, 0) is 5.41 Å². The van der Waals surface area contributed by atoms with Crippen LogP contribution in [0.5, 0.6) is 0 Å². The molecule has 0 fully saturated rings. The third-order valence-electron chi connectivity index (χ3n) is 4.90. The molecule has 4 aromatic rings. The summed E-state index contributed by atoms with van der Waals surface area (Å²) in [5.74, 6) is 0. The number of hydrogen-bond acceptors (Lipinski definition) is 0. The van der Waals surface area contributed by atoms with Crippen molar-refractivity contribution in [1.29, 1.82) is 0 Å². The van der Waals surface area contributed by atoms with E-state index in [-0.39, 0.29) is 5.41 Å². The summed E-state index contributed by atoms with van der Waals surface area (Å²) >= 11 is 3.82. The first-order valence-electron chi connectivity index (χ1n) is 8.75. The van der Waals surface area contributed by atoms with Crippen molar-refractivity contribution < 1.29 is 0 Å². The van der Waals surface area contributed by atoms with Gasteiger partial charge in [-0.1, -0.05) is 125 Å². The molecule has 1 heteroatoms. The molecule has 0 nitrogen and oxygen atoms in total. The molecule has 0 aliphatic heterocycles. The molecular formula is C25H19Br. The lowest BCUT2D eigenvalue weighted by molar-refractivity contribution is 0.741. The molecule has 4 aromatic carbocycles. The average Bonchev–Trinajstić information content (AvgIpc) is 2.72. The maximum Gasteiger partial charge on any atom is 0.0712 e. The van der Waals surface area contributed by atoms with Crippen LogP contribution in [0.3, 0.4) is 0 Å². The van der Waals surface area contributed by atoms with E-state index < -0.39 is 0 Å². The SMILES string of the molecule is Brc1ccccc1C(c1ccccc1)(c1ccccc1)c1ccccc1. The number of rotatable bonds is 4. The van der Waals surface area contributed by atoms with Gasteiger partial charge in [-0.05, 0) is 28.3 Å². The molecule has 0 saturated carbocycles. The highest BCUT2D eigenvalue weighted by atomic mass is 79.9. The largest absolute Gasteiger partial charge is 0.0712 e. The smallest absolute Gasteiger partial charge is 0.0622 e. The quantitative estimate of drug-likeness (QED) is 0.330. The van der Waals surface area contributed by atoms with E-state index in [4.69, 9.17) is 0 Å². The molecule has 0 saturated heterocycles. The zero-order chi connectivity index (χ0) is 17.8. The van der Waals surface area contributed by atoms with Crippen LogP contribution < -0.4 is 0 Å². The summed E-state index contributed by atoms with van der Waals surface area (Å²) in [5.41, 5.74) is 4.62. The third kappa shape index (κ3) is 2.79. The highest BCUT2D eigenvalue weighted by Crippen LogP contribution is 2.47. The van der Waals surface area contributed by atoms with Gasteiger partial charge in [0.25, 0.3) is 0 Å². The minimum Gasteiger partial charge on any atom is -0.0622 e. The lowest BCUT2D eigenvalue weighted by atomic mass is 9.65. The molecule has 0 aliphatic rings. The van der Waals surface area contributed by atoms with Crippen LogP contribution in [-0.4, -0.2) is 0 Å². The van der Waals surface area contributed by atoms with Crippen molar-refractivity contribution in [3.05, 3.63) is 142 Å². The predicted octanol–water partition coefficient (Wildman–Crippen LogP) is 6.83. The van der Waals surface area contributed by atoms with Crippen molar-refractivity contribution in [3.8, 4) is 0 Å². The first kappa shape index (κ1) is 16.8. The van der Waals surface area contributed by atoms with Crippen LogP contribution in [0.4, 0.5) is 0 Å². The Kier molecular flexibility index (Phi) is 4.73. The second-order valence-corrected chi connectivity index (χ2v) is 7.18. The minimum atomic E-state index is -0.385. The van der Waals surface area contributed by atoms with Crippen LogP contribution in [0.25, 0.3) is 0 Å². The standard InChI is InChI=1S/C25H19Br/c26-24-19-11-10-18-23(24)25(20-12-4-1-5-13-20,21-14-6-2-7-15-21)22-16-8-3-9-17-22/h1-19H. The zero-order valence-corrected chi connectivity index (χ0v) is 15.9. The summed E-state index contributed by atoms with van der Waals surface area (Å²) in [6.07, 6.45) is 0. The summed E-state index contributed by atoms with van der Waals surface area (Å²) in [7, 11) is 0. The molecule has 0 aliphatic carbocycles. The first-order chi connectivity index (χ1) is 12.8. The molecule has 0 aromatic heterocycles. The van der Waals surface area contributed by atoms with E-state index in [1.54, 1.807) is 0 Å². The molecule has 0 bridgehead atoms. The van der Waals surface area contributed by atoms with Gasteiger partial charge in [-0.2, -0.15) is 0 Å². The molecule has 0 heterocycles. The van der Waals surface area contributed by atoms with Crippen LogP contribution in [0.15, 0.2) is 120 Å². The van der Waals surface area contributed by atoms with E-state index in [2.05, 4.69) is 131 Å². The lowest BCUT2D eigenvalue weighted by Crippen LogP contribution is -2.31. The van der Waals surface area contributed by atoms with Gasteiger partial charge in [0.15, 0.2) is 0 Å². The molecule has 126 valence electrons. The normalized spacial score (nSPS) is 11.3. The second-order valence-electron chi connectivity index (χ2n) is 6.33. The van der Waals surface area contributed by atoms with E-state index in [1.807, 2.05) is 0 Å². The summed E-state index contributed by atoms with van der Waals surface area (Å²) < 4.78 is 1.11. The Balaban J connectivity index is 2.17. The van der Waals surface area contributed by atoms with Crippen molar-refractivity contribution >= 4 is 15.9 Å². The fraction of sp³-hybridized carbons (Fsp3) is 0.0400. The van der Waals surface area contributed by atoms with E-state index in [1.165, 1.54) is 22.3 Å². The number of halogens is 1. The predicted molar refractivity (Wildman–Crippen MR) is 112 cm³/mol. The molecule has 26 heavy (non-hydrogen) atoms. The third-order valence-corrected chi connectivity index (χ3v) is 5.59. The Morgan fingerprint density at radius 1 is 0.423 bits per heavy atom. The summed E-state index contributed by atoms with van der Waals surface area (Å²) in [5, 5.41) is 0. The summed E-state index contributed by atoms with van der Waals surface area (Å²) in [6, 6.07) is 40.8. The van der Waals surface area contributed by atoms with E-state index in [0.717, 1.165) is 4.47 Å². The highest BCUT2D eigenvalue weighted by molar-refractivity contribution is 9.10. The molecule has 0 atom stereocenters. The van der Waals surface area contributed by atoms with Crippen molar-refractivity contribution in [2.24, 2.45) is 0 Å². The summed E-state index contributed by atoms with van der Waals surface area (Å²) in [4.78, 5) is 0. The fourth-order valence-corrected chi connectivity index (χ4v) is 4.38. The van der Waals surface area contributed by atoms with Gasteiger partial charge in [0.05, 0.1) is 5.41 Å². The molecule has 4 rings (SSSR count). The Morgan fingerprint density at radius 2 is 0.769 bits per heavy atom. The molecule has 0 unspecified atom stereocenters. The first-order valence-corrected chi connectivity index (χ1v) is 9.54. The minimum absolute atomic E-state index is 0.385. The monoisotopic (exact) mass is 398 g/mol. The van der Waals surface area contributed by atoms with E-state index in [9.17, 15) is 0 Å². The van der Waals surface area contributed by atoms with Crippen molar-refractivity contribution in [3.63, 3.8) is 0 Å². The van der Waals surface area contributed by atoms with Crippen LogP contribution >= 0.6 is 15.9 Å². The molecule has 0 radical (unpaired) electrons. The van der Waals surface area contributed by atoms with Gasteiger partial charge in [-0.25, -0.2) is 0 Å². The lowest BCUT2D eigenvalue weighted by Gasteiger charge is -2.37. The second kappa shape index (κ2) is 7.31. The van der Waals surface area contributed by atoms with Gasteiger partial charge in [-0.3, -0.25) is 0 Å². The Hall–Kier alpha value is -2.64. The van der Waals surface area contributed by atoms with Gasteiger partial charge in [-0.15, -0.1) is 0 Å². The number of benzene rings is 4. The van der Waals surface area contributed by atoms with Gasteiger partial charge in [0.2, 0.25) is 0 Å². The Bertz CT molecular complexity index is 879. The van der Waals surface area contributed by atoms with Crippen LogP contribution in [0, 0.1) is 0 Å². The zero-order valence-electron chi connectivity index (χ0n) is 14.3. The van der Waals surface area contributed by atoms with E-state index >= 15 is 0 Å². The topological polar surface area (TPSA) is 0 Å². The van der Waals surface area contributed by atoms with Gasteiger partial charge >= 0.3 is 0 Å². The highest BCUT2D eigenvalue weighted by Gasteiger charge is 2.39. The molecular weight excluding hydrogens is 380 g/mol. The molecule has 0 amide bonds. The van der Waals surface area contributed by atoms with Crippen molar-refractivity contribution in [2.45, 2.75) is 5.41 Å². The van der Waals surface area contributed by atoms with Crippen molar-refractivity contribution in [2.75, 3.05) is 0 Å². The Labute approximate surface area is 163 Å². The molecule has 0 N–H and O–H groups in total. The maximum absolute atomic E-state index is 3.82. The summed E-state index contributed by atoms with van der Waals surface area (Å²) in [6.45, 7) is 0. The van der Waals surface area contributed by atoms with E-state index in [0.29, 0.717) is 0 Å². The molecule has 0 spiro atoms. The van der Waals surface area contributed by atoms with Crippen molar-refractivity contribution in [1.82, 2.24) is 0 Å². The maximum atomic E-state index is 3.82. The van der Waals surface area contributed by atoms with Gasteiger partial charge < -0.3 is 0 Å². The van der Waals surface area contributed by atoms with Crippen LogP contribution in [0.2, 0.25) is 0 Å². The van der Waals surface area contributed by atoms with Crippen LogP contribution in [0.1, 0.15) is 22.3 Å². The van der Waals surface area contributed by atoms with Gasteiger partial charge in [0, 0.05) is 4.47 Å². The fourth-order valence-electron chi connectivity index (χ4n) is 3.80.